The summed E-state index contributed by atoms with van der Waals surface area (Å²) in [7, 11) is -3.38. The Balaban J connectivity index is 2.31. The lowest BCUT2D eigenvalue weighted by atomic mass is 10.1. The van der Waals surface area contributed by atoms with E-state index in [0.29, 0.717) is 5.56 Å². The molecule has 124 valence electrons. The third kappa shape index (κ3) is 3.61. The van der Waals surface area contributed by atoms with Crippen LogP contribution in [0.5, 0.6) is 0 Å². The third-order valence-corrected chi connectivity index (χ3v) is 4.30. The number of benzene rings is 1. The molecule has 1 heterocycles. The number of aromatic nitrogens is 1. The Bertz CT molecular complexity index is 813. The van der Waals surface area contributed by atoms with Crippen molar-refractivity contribution in [2.45, 2.75) is 17.9 Å². The number of anilines is 1. The quantitative estimate of drug-likeness (QED) is 0.681. The van der Waals surface area contributed by atoms with Crippen LogP contribution in [0.2, 0.25) is 0 Å². The molecular weight excluding hydrogens is 336 g/mol. The lowest BCUT2D eigenvalue weighted by molar-refractivity contribution is 0.410. The molecule has 4 nitrogen and oxygen atoms in total. The van der Waals surface area contributed by atoms with E-state index < -0.39 is 45.1 Å². The molecule has 2 aromatic rings. The van der Waals surface area contributed by atoms with Crippen molar-refractivity contribution in [2.24, 2.45) is 0 Å². The molecule has 0 aliphatic heterocycles. The number of nitrogens with one attached hydrogen (secondary N) is 1. The van der Waals surface area contributed by atoms with Gasteiger partial charge in [-0.25, -0.2) is 8.42 Å². The van der Waals surface area contributed by atoms with E-state index in [2.05, 4.69) is 10.3 Å². The summed E-state index contributed by atoms with van der Waals surface area (Å²) in [6, 6.07) is 4.76. The Morgan fingerprint density at radius 1 is 1.00 bits per heavy atom. The molecule has 0 saturated carbocycles. The average molecular weight is 348 g/mol. The van der Waals surface area contributed by atoms with Gasteiger partial charge in [-0.3, -0.25) is 0 Å². The van der Waals surface area contributed by atoms with Crippen LogP contribution in [-0.4, -0.2) is 19.7 Å². The highest BCUT2D eigenvalue weighted by Crippen LogP contribution is 2.27. The molecule has 1 N–H and O–H groups in total. The molecule has 9 heteroatoms. The molecule has 0 saturated heterocycles. The van der Waals surface area contributed by atoms with Crippen LogP contribution in [0.1, 0.15) is 18.5 Å². The monoisotopic (exact) mass is 348 g/mol. The summed E-state index contributed by atoms with van der Waals surface area (Å²) in [5.41, 5.74) is -0.511. The minimum atomic E-state index is -3.38. The van der Waals surface area contributed by atoms with Gasteiger partial charge in [-0.1, -0.05) is 12.1 Å². The molecule has 1 atom stereocenters. The van der Waals surface area contributed by atoms with E-state index in [9.17, 15) is 26.0 Å². The molecule has 0 spiro atoms. The van der Waals surface area contributed by atoms with Crippen LogP contribution < -0.4 is 5.32 Å². The highest BCUT2D eigenvalue weighted by Gasteiger charge is 2.22. The Morgan fingerprint density at radius 2 is 1.48 bits per heavy atom. The fourth-order valence-corrected chi connectivity index (χ4v) is 2.55. The second-order valence-corrected chi connectivity index (χ2v) is 6.92. The van der Waals surface area contributed by atoms with Crippen molar-refractivity contribution in [1.82, 2.24) is 4.98 Å². The van der Waals surface area contributed by atoms with Crippen molar-refractivity contribution in [3.05, 3.63) is 53.4 Å². The van der Waals surface area contributed by atoms with E-state index in [1.54, 1.807) is 0 Å². The van der Waals surface area contributed by atoms with Crippen LogP contribution in [0.4, 0.5) is 23.2 Å². The fraction of sp³-hybridized carbons (Fsp3) is 0.214. The maximum absolute atomic E-state index is 13.6. The van der Waals surface area contributed by atoms with Crippen LogP contribution in [0.3, 0.4) is 0 Å². The Kier molecular flexibility index (Phi) is 4.60. The Hall–Kier alpha value is -2.16. The second-order valence-electron chi connectivity index (χ2n) is 4.90. The van der Waals surface area contributed by atoms with E-state index >= 15 is 0 Å². The summed E-state index contributed by atoms with van der Waals surface area (Å²) < 4.78 is 75.9. The van der Waals surface area contributed by atoms with Crippen LogP contribution >= 0.6 is 0 Å². The molecule has 0 fully saturated rings. The second kappa shape index (κ2) is 6.15. The van der Waals surface area contributed by atoms with E-state index in [4.69, 9.17) is 0 Å². The maximum atomic E-state index is 13.6. The number of hydrogen-bond acceptors (Lipinski definition) is 4. The van der Waals surface area contributed by atoms with Crippen molar-refractivity contribution in [3.63, 3.8) is 0 Å². The predicted octanol–water partition coefficient (Wildman–Crippen LogP) is 3.21. The van der Waals surface area contributed by atoms with Crippen LogP contribution in [0.25, 0.3) is 0 Å². The SMILES string of the molecule is CC(Nc1c(F)c(F)nc(F)c1F)c1ccc(S(C)(=O)=O)cc1. The molecule has 0 bridgehead atoms. The Morgan fingerprint density at radius 3 is 1.91 bits per heavy atom. The van der Waals surface area contributed by atoms with E-state index in [0.717, 1.165) is 6.26 Å². The first kappa shape index (κ1) is 17.2. The molecule has 0 aliphatic rings. The first-order valence-corrected chi connectivity index (χ1v) is 8.27. The number of hydrogen-bond donors (Lipinski definition) is 1. The number of rotatable bonds is 4. The van der Waals surface area contributed by atoms with Gasteiger partial charge in [-0.2, -0.15) is 22.5 Å². The summed E-state index contributed by atoms with van der Waals surface area (Å²) in [5, 5.41) is 2.32. The summed E-state index contributed by atoms with van der Waals surface area (Å²) >= 11 is 0. The lowest BCUT2D eigenvalue weighted by Crippen LogP contribution is -2.13. The standard InChI is InChI=1S/C14H12F4N2O2S/c1-7(8-3-5-9(6-4-8)23(2,21)22)19-12-10(15)13(17)20-14(18)11(12)16/h3-7H,1-2H3,(H,19,20). The zero-order chi connectivity index (χ0) is 17.4. The summed E-state index contributed by atoms with van der Waals surface area (Å²) in [5.74, 6) is -6.79. The molecular formula is C14H12F4N2O2S. The maximum Gasteiger partial charge on any atom is 0.253 e. The minimum Gasteiger partial charge on any atom is -0.373 e. The van der Waals surface area contributed by atoms with Gasteiger partial charge in [-0.05, 0) is 24.6 Å². The molecule has 1 unspecified atom stereocenters. The lowest BCUT2D eigenvalue weighted by Gasteiger charge is -2.17. The van der Waals surface area contributed by atoms with Gasteiger partial charge in [0, 0.05) is 12.3 Å². The van der Waals surface area contributed by atoms with Crippen LogP contribution in [0, 0.1) is 23.5 Å². The van der Waals surface area contributed by atoms with Gasteiger partial charge in [-0.15, -0.1) is 0 Å². The zero-order valence-corrected chi connectivity index (χ0v) is 12.9. The number of halogens is 4. The average Bonchev–Trinajstić information content (AvgIpc) is 2.48. The van der Waals surface area contributed by atoms with Gasteiger partial charge >= 0.3 is 0 Å². The van der Waals surface area contributed by atoms with Crippen LogP contribution in [-0.2, 0) is 9.84 Å². The largest absolute Gasteiger partial charge is 0.373 e. The molecule has 2 rings (SSSR count). The van der Waals surface area contributed by atoms with Gasteiger partial charge in [0.15, 0.2) is 9.84 Å². The van der Waals surface area contributed by atoms with Crippen molar-refractivity contribution < 1.29 is 26.0 Å². The van der Waals surface area contributed by atoms with Gasteiger partial charge < -0.3 is 5.32 Å². The van der Waals surface area contributed by atoms with Gasteiger partial charge in [0.25, 0.3) is 11.9 Å². The third-order valence-electron chi connectivity index (χ3n) is 3.17. The van der Waals surface area contributed by atoms with Gasteiger partial charge in [0.1, 0.15) is 5.69 Å². The topological polar surface area (TPSA) is 59.1 Å². The van der Waals surface area contributed by atoms with Crippen molar-refractivity contribution in [3.8, 4) is 0 Å². The highest BCUT2D eigenvalue weighted by atomic mass is 32.2. The zero-order valence-electron chi connectivity index (χ0n) is 12.1. The number of nitrogens with zero attached hydrogens (tertiary/aromatic N) is 1. The van der Waals surface area contributed by atoms with E-state index in [-0.39, 0.29) is 4.90 Å². The van der Waals surface area contributed by atoms with Crippen molar-refractivity contribution in [2.75, 3.05) is 11.6 Å². The molecule has 1 aromatic carbocycles. The first-order chi connectivity index (χ1) is 10.6. The molecule has 1 aromatic heterocycles. The summed E-state index contributed by atoms with van der Waals surface area (Å²) in [4.78, 5) is 2.54. The van der Waals surface area contributed by atoms with Crippen LogP contribution in [0.15, 0.2) is 29.2 Å². The predicted molar refractivity (Wildman–Crippen MR) is 75.7 cm³/mol. The minimum absolute atomic E-state index is 0.0758. The Labute approximate surface area is 130 Å². The van der Waals surface area contributed by atoms with E-state index in [1.165, 1.54) is 31.2 Å². The molecule has 23 heavy (non-hydrogen) atoms. The number of sulfone groups is 1. The van der Waals surface area contributed by atoms with E-state index in [1.807, 2.05) is 0 Å². The van der Waals surface area contributed by atoms with Crippen molar-refractivity contribution in [1.29, 1.82) is 0 Å². The number of pyridine rings is 1. The smallest absolute Gasteiger partial charge is 0.253 e. The first-order valence-electron chi connectivity index (χ1n) is 6.37. The molecule has 0 aliphatic carbocycles. The van der Waals surface area contributed by atoms with Gasteiger partial charge in [0.2, 0.25) is 11.6 Å². The fourth-order valence-electron chi connectivity index (χ4n) is 1.92. The van der Waals surface area contributed by atoms with Crippen molar-refractivity contribution >= 4 is 15.5 Å². The summed E-state index contributed by atoms with van der Waals surface area (Å²) in [6.07, 6.45) is 1.04. The summed E-state index contributed by atoms with van der Waals surface area (Å²) in [6.45, 7) is 1.49. The molecule has 0 amide bonds. The molecule has 0 radical (unpaired) electrons. The highest BCUT2D eigenvalue weighted by molar-refractivity contribution is 7.90. The van der Waals surface area contributed by atoms with Gasteiger partial charge in [0.05, 0.1) is 4.90 Å². The normalized spacial score (nSPS) is 13.0.